The summed E-state index contributed by atoms with van der Waals surface area (Å²) in [6.07, 6.45) is 5.20. The Hall–Kier alpha value is -1.63. The van der Waals surface area contributed by atoms with Gasteiger partial charge in [0.2, 0.25) is 5.91 Å². The zero-order valence-electron chi connectivity index (χ0n) is 11.7. The Morgan fingerprint density at radius 1 is 1.55 bits per heavy atom. The summed E-state index contributed by atoms with van der Waals surface area (Å²) < 4.78 is 7.17. The predicted octanol–water partition coefficient (Wildman–Crippen LogP) is 2.18. The lowest BCUT2D eigenvalue weighted by atomic mass is 10.2. The van der Waals surface area contributed by atoms with Crippen molar-refractivity contribution in [2.45, 2.75) is 33.2 Å². The van der Waals surface area contributed by atoms with E-state index < -0.39 is 12.0 Å². The smallest absolute Gasteiger partial charge is 0.332 e. The van der Waals surface area contributed by atoms with Gasteiger partial charge in [-0.1, -0.05) is 6.92 Å². The molecule has 0 saturated carbocycles. The van der Waals surface area contributed by atoms with Crippen LogP contribution < -0.4 is 5.32 Å². The molecule has 0 radical (unpaired) electrons. The standard InChI is InChI=1S/C13H18BrN3O3/c1-4-11(17-8-10(14)7-15-17)13(19)16-9(3)6-12(18)20-5-2/h6-8,11H,4-5H2,1-3H3,(H,16,19)/b9-6+. The number of aromatic nitrogens is 2. The first-order valence-electron chi connectivity index (χ1n) is 6.33. The molecule has 7 heteroatoms. The second-order valence-corrected chi connectivity index (χ2v) is 5.05. The minimum absolute atomic E-state index is 0.221. The van der Waals surface area contributed by atoms with Crippen LogP contribution in [-0.4, -0.2) is 28.3 Å². The summed E-state index contributed by atoms with van der Waals surface area (Å²) in [4.78, 5) is 23.4. The summed E-state index contributed by atoms with van der Waals surface area (Å²) in [5, 5.41) is 6.78. The van der Waals surface area contributed by atoms with Crippen molar-refractivity contribution in [1.82, 2.24) is 15.1 Å². The van der Waals surface area contributed by atoms with Crippen molar-refractivity contribution in [2.24, 2.45) is 0 Å². The molecular weight excluding hydrogens is 326 g/mol. The van der Waals surface area contributed by atoms with Crippen molar-refractivity contribution in [2.75, 3.05) is 6.61 Å². The minimum atomic E-state index is -0.472. The van der Waals surface area contributed by atoms with E-state index in [0.29, 0.717) is 18.7 Å². The molecule has 0 aliphatic heterocycles. The van der Waals surface area contributed by atoms with E-state index in [1.54, 1.807) is 30.9 Å². The van der Waals surface area contributed by atoms with Gasteiger partial charge in [-0.25, -0.2) is 4.79 Å². The van der Waals surface area contributed by atoms with E-state index in [0.717, 1.165) is 4.47 Å². The number of nitrogens with zero attached hydrogens (tertiary/aromatic N) is 2. The van der Waals surface area contributed by atoms with Crippen LogP contribution in [0.25, 0.3) is 0 Å². The normalized spacial score (nSPS) is 12.9. The number of hydrogen-bond acceptors (Lipinski definition) is 4. The molecule has 1 atom stereocenters. The molecule has 0 spiro atoms. The molecule has 0 bridgehead atoms. The van der Waals surface area contributed by atoms with Gasteiger partial charge in [-0.3, -0.25) is 9.48 Å². The van der Waals surface area contributed by atoms with Crippen molar-refractivity contribution in [3.05, 3.63) is 28.6 Å². The second-order valence-electron chi connectivity index (χ2n) is 4.13. The number of halogens is 1. The monoisotopic (exact) mass is 343 g/mol. The summed E-state index contributed by atoms with van der Waals surface area (Å²) in [7, 11) is 0. The Morgan fingerprint density at radius 2 is 2.25 bits per heavy atom. The Morgan fingerprint density at radius 3 is 2.75 bits per heavy atom. The fourth-order valence-electron chi connectivity index (χ4n) is 1.65. The number of amides is 1. The molecular formula is C13H18BrN3O3. The zero-order valence-corrected chi connectivity index (χ0v) is 13.3. The maximum atomic E-state index is 12.2. The van der Waals surface area contributed by atoms with E-state index >= 15 is 0 Å². The van der Waals surface area contributed by atoms with Crippen molar-refractivity contribution in [1.29, 1.82) is 0 Å². The Labute approximate surface area is 126 Å². The van der Waals surface area contributed by atoms with Crippen LogP contribution in [0.1, 0.15) is 33.2 Å². The summed E-state index contributed by atoms with van der Waals surface area (Å²) in [6, 6.07) is -0.424. The topological polar surface area (TPSA) is 73.2 Å². The number of nitrogens with one attached hydrogen (secondary N) is 1. The fraction of sp³-hybridized carbons (Fsp3) is 0.462. The van der Waals surface area contributed by atoms with Crippen molar-refractivity contribution < 1.29 is 14.3 Å². The third kappa shape index (κ3) is 4.80. The maximum absolute atomic E-state index is 12.2. The lowest BCUT2D eigenvalue weighted by molar-refractivity contribution is -0.137. The van der Waals surface area contributed by atoms with Crippen LogP contribution in [0.15, 0.2) is 28.6 Å². The van der Waals surface area contributed by atoms with Crippen molar-refractivity contribution >= 4 is 27.8 Å². The number of hydrogen-bond donors (Lipinski definition) is 1. The second kappa shape index (κ2) is 7.84. The highest BCUT2D eigenvalue weighted by Crippen LogP contribution is 2.15. The molecule has 1 unspecified atom stereocenters. The van der Waals surface area contributed by atoms with Crippen LogP contribution in [0.2, 0.25) is 0 Å². The highest BCUT2D eigenvalue weighted by molar-refractivity contribution is 9.10. The Bertz CT molecular complexity index is 511. The van der Waals surface area contributed by atoms with Crippen LogP contribution in [0.5, 0.6) is 0 Å². The molecule has 0 aromatic carbocycles. The van der Waals surface area contributed by atoms with E-state index in [1.807, 2.05) is 6.92 Å². The number of carbonyl (C=O) groups is 2. The number of ether oxygens (including phenoxy) is 1. The Kier molecular flexibility index (Phi) is 6.44. The lowest BCUT2D eigenvalue weighted by Crippen LogP contribution is -2.31. The minimum Gasteiger partial charge on any atom is -0.463 e. The third-order valence-electron chi connectivity index (χ3n) is 2.52. The molecule has 6 nitrogen and oxygen atoms in total. The van der Waals surface area contributed by atoms with Gasteiger partial charge in [-0.05, 0) is 36.2 Å². The molecule has 1 heterocycles. The Balaban J connectivity index is 2.71. The average Bonchev–Trinajstić information content (AvgIpc) is 2.76. The van der Waals surface area contributed by atoms with Crippen molar-refractivity contribution in [3.8, 4) is 0 Å². The molecule has 110 valence electrons. The van der Waals surface area contributed by atoms with E-state index in [2.05, 4.69) is 26.3 Å². The van der Waals surface area contributed by atoms with Crippen LogP contribution in [-0.2, 0) is 14.3 Å². The molecule has 0 aliphatic carbocycles. The van der Waals surface area contributed by atoms with Gasteiger partial charge in [0.15, 0.2) is 0 Å². The molecule has 1 aromatic rings. The van der Waals surface area contributed by atoms with E-state index in [4.69, 9.17) is 4.74 Å². The number of carbonyl (C=O) groups excluding carboxylic acids is 2. The fourth-order valence-corrected chi connectivity index (χ4v) is 1.95. The largest absolute Gasteiger partial charge is 0.463 e. The highest BCUT2D eigenvalue weighted by Gasteiger charge is 2.19. The van der Waals surface area contributed by atoms with Gasteiger partial charge in [0.1, 0.15) is 6.04 Å². The molecule has 1 rings (SSSR count). The first-order chi connectivity index (χ1) is 9.47. The first-order valence-corrected chi connectivity index (χ1v) is 7.12. The van der Waals surface area contributed by atoms with Gasteiger partial charge in [0.25, 0.3) is 0 Å². The van der Waals surface area contributed by atoms with Crippen LogP contribution >= 0.6 is 15.9 Å². The van der Waals surface area contributed by atoms with Gasteiger partial charge in [-0.2, -0.15) is 5.10 Å². The van der Waals surface area contributed by atoms with Gasteiger partial charge in [0, 0.05) is 18.0 Å². The van der Waals surface area contributed by atoms with Crippen LogP contribution in [0.4, 0.5) is 0 Å². The molecule has 0 aliphatic rings. The number of rotatable bonds is 6. The summed E-state index contributed by atoms with van der Waals surface area (Å²) in [5.74, 6) is -0.693. The van der Waals surface area contributed by atoms with Gasteiger partial charge < -0.3 is 10.1 Å². The zero-order chi connectivity index (χ0) is 15.1. The molecule has 0 fully saturated rings. The number of esters is 1. The van der Waals surface area contributed by atoms with Crippen molar-refractivity contribution in [3.63, 3.8) is 0 Å². The molecule has 1 N–H and O–H groups in total. The maximum Gasteiger partial charge on any atom is 0.332 e. The average molecular weight is 344 g/mol. The SMILES string of the molecule is CCOC(=O)/C=C(\C)NC(=O)C(CC)n1cc(Br)cn1. The number of allylic oxidation sites excluding steroid dienone is 1. The predicted molar refractivity (Wildman–Crippen MR) is 77.8 cm³/mol. The molecule has 1 amide bonds. The van der Waals surface area contributed by atoms with Gasteiger partial charge in [0.05, 0.1) is 17.3 Å². The van der Waals surface area contributed by atoms with E-state index in [1.165, 1.54) is 6.08 Å². The van der Waals surface area contributed by atoms with E-state index in [9.17, 15) is 9.59 Å². The molecule has 0 saturated heterocycles. The summed E-state index contributed by atoms with van der Waals surface area (Å²) in [6.45, 7) is 5.56. The third-order valence-corrected chi connectivity index (χ3v) is 2.93. The highest BCUT2D eigenvalue weighted by atomic mass is 79.9. The lowest BCUT2D eigenvalue weighted by Gasteiger charge is -2.15. The summed E-state index contributed by atoms with van der Waals surface area (Å²) >= 11 is 3.29. The first kappa shape index (κ1) is 16.4. The van der Waals surface area contributed by atoms with Gasteiger partial charge in [-0.15, -0.1) is 0 Å². The van der Waals surface area contributed by atoms with Crippen LogP contribution in [0.3, 0.4) is 0 Å². The molecule has 1 aromatic heterocycles. The van der Waals surface area contributed by atoms with Crippen LogP contribution in [0, 0.1) is 0 Å². The summed E-state index contributed by atoms with van der Waals surface area (Å²) in [5.41, 5.74) is 0.443. The quantitative estimate of drug-likeness (QED) is 0.634. The van der Waals surface area contributed by atoms with Gasteiger partial charge >= 0.3 is 5.97 Å². The van der Waals surface area contributed by atoms with E-state index in [-0.39, 0.29) is 5.91 Å². The molecule has 20 heavy (non-hydrogen) atoms.